The Kier molecular flexibility index (Phi) is 15.7. The van der Waals surface area contributed by atoms with Gasteiger partial charge in [0.2, 0.25) is 5.91 Å². The van der Waals surface area contributed by atoms with Crippen molar-refractivity contribution in [1.82, 2.24) is 5.32 Å². The normalized spacial score (nSPS) is 21.1. The van der Waals surface area contributed by atoms with Crippen LogP contribution in [-0.2, 0) is 14.3 Å². The number of unbranched alkanes of at least 4 members (excludes halogenated alkanes) is 11. The molecule has 0 aromatic carbocycles. The Morgan fingerprint density at radius 1 is 0.879 bits per heavy atom. The van der Waals surface area contributed by atoms with Crippen LogP contribution in [0.4, 0.5) is 0 Å². The van der Waals surface area contributed by atoms with Crippen molar-refractivity contribution in [3.63, 3.8) is 0 Å². The lowest BCUT2D eigenvalue weighted by atomic mass is 9.77. The van der Waals surface area contributed by atoms with Crippen LogP contribution >= 0.6 is 0 Å². The molecule has 0 aromatic heterocycles. The highest BCUT2D eigenvalue weighted by molar-refractivity contribution is 5.79. The van der Waals surface area contributed by atoms with Crippen LogP contribution in [0.2, 0.25) is 0 Å². The highest BCUT2D eigenvalue weighted by atomic mass is 16.6. The fraction of sp³-hybridized carbons (Fsp3) is 0.929. The molecule has 2 N–H and O–H groups in total. The molecule has 1 amide bonds. The first-order valence-corrected chi connectivity index (χ1v) is 13.9. The summed E-state index contributed by atoms with van der Waals surface area (Å²) in [5.41, 5.74) is -0.458. The third-order valence-corrected chi connectivity index (χ3v) is 6.77. The summed E-state index contributed by atoms with van der Waals surface area (Å²) in [6.45, 7) is 8.58. The molecule has 1 aliphatic carbocycles. The van der Waals surface area contributed by atoms with E-state index in [1.54, 1.807) is 0 Å². The maximum atomic E-state index is 12.5. The molecule has 1 aliphatic rings. The summed E-state index contributed by atoms with van der Waals surface area (Å²) in [5.74, 6) is -0.205. The Labute approximate surface area is 203 Å². The Balaban J connectivity index is 2.03. The Bertz CT molecular complexity index is 528. The van der Waals surface area contributed by atoms with E-state index < -0.39 is 11.7 Å². The first-order chi connectivity index (χ1) is 15.7. The quantitative estimate of drug-likeness (QED) is 0.184. The molecule has 1 fully saturated rings. The fourth-order valence-electron chi connectivity index (χ4n) is 4.82. The summed E-state index contributed by atoms with van der Waals surface area (Å²) in [5, 5.41) is 13.5. The monoisotopic (exact) mass is 467 g/mol. The summed E-state index contributed by atoms with van der Waals surface area (Å²) in [6.07, 6.45) is 18.4. The van der Waals surface area contributed by atoms with Gasteiger partial charge in [0.1, 0.15) is 5.60 Å². The Morgan fingerprint density at radius 2 is 1.42 bits per heavy atom. The van der Waals surface area contributed by atoms with Gasteiger partial charge >= 0.3 is 5.97 Å². The maximum Gasteiger partial charge on any atom is 0.306 e. The van der Waals surface area contributed by atoms with Crippen LogP contribution in [0.3, 0.4) is 0 Å². The second-order valence-corrected chi connectivity index (χ2v) is 11.2. The molecule has 33 heavy (non-hydrogen) atoms. The third kappa shape index (κ3) is 15.4. The summed E-state index contributed by atoms with van der Waals surface area (Å²) < 4.78 is 5.36. The standard InChI is InChI=1S/C28H53NO4/c1-5-6-7-8-9-10-11-12-13-14-15-16-21-29-27(32)24-19-17-23(22-25(24)30)18-20-26(31)33-28(2,3)4/h23-25,30H,5-22H2,1-4H3,(H,29,32)/t23?,24-,25+/m1/s1. The molecule has 3 atom stereocenters. The summed E-state index contributed by atoms with van der Waals surface area (Å²) in [6, 6.07) is 0. The lowest BCUT2D eigenvalue weighted by molar-refractivity contribution is -0.155. The largest absolute Gasteiger partial charge is 0.460 e. The smallest absolute Gasteiger partial charge is 0.306 e. The van der Waals surface area contributed by atoms with Crippen molar-refractivity contribution >= 4 is 11.9 Å². The molecule has 5 heteroatoms. The van der Waals surface area contributed by atoms with E-state index in [1.165, 1.54) is 64.2 Å². The van der Waals surface area contributed by atoms with Gasteiger partial charge < -0.3 is 15.2 Å². The van der Waals surface area contributed by atoms with Crippen molar-refractivity contribution in [3.8, 4) is 0 Å². The van der Waals surface area contributed by atoms with Crippen LogP contribution in [0.25, 0.3) is 0 Å². The summed E-state index contributed by atoms with van der Waals surface area (Å²) in [4.78, 5) is 24.4. The minimum absolute atomic E-state index is 0.00355. The van der Waals surface area contributed by atoms with E-state index in [0.717, 1.165) is 25.7 Å². The molecule has 1 unspecified atom stereocenters. The zero-order chi connectivity index (χ0) is 24.5. The first-order valence-electron chi connectivity index (χ1n) is 13.9. The molecule has 0 heterocycles. The second kappa shape index (κ2) is 17.4. The lowest BCUT2D eigenvalue weighted by Crippen LogP contribution is -2.41. The van der Waals surface area contributed by atoms with Gasteiger partial charge in [-0.05, 0) is 58.8 Å². The van der Waals surface area contributed by atoms with Gasteiger partial charge in [-0.1, -0.05) is 77.6 Å². The van der Waals surface area contributed by atoms with Crippen molar-refractivity contribution in [1.29, 1.82) is 0 Å². The zero-order valence-electron chi connectivity index (χ0n) is 22.1. The van der Waals surface area contributed by atoms with E-state index >= 15 is 0 Å². The Hall–Kier alpha value is -1.10. The molecule has 1 saturated carbocycles. The molecule has 1 rings (SSSR count). The van der Waals surface area contributed by atoms with E-state index in [4.69, 9.17) is 4.74 Å². The fourth-order valence-corrected chi connectivity index (χ4v) is 4.82. The molecule has 5 nitrogen and oxygen atoms in total. The maximum absolute atomic E-state index is 12.5. The van der Waals surface area contributed by atoms with Crippen molar-refractivity contribution in [2.45, 2.75) is 149 Å². The molecule has 0 aliphatic heterocycles. The van der Waals surface area contributed by atoms with Crippen LogP contribution in [0.1, 0.15) is 137 Å². The lowest BCUT2D eigenvalue weighted by Gasteiger charge is -2.32. The molecule has 0 aromatic rings. The van der Waals surface area contributed by atoms with Crippen LogP contribution in [0.15, 0.2) is 0 Å². The van der Waals surface area contributed by atoms with Gasteiger partial charge in [0.05, 0.1) is 12.0 Å². The van der Waals surface area contributed by atoms with Crippen molar-refractivity contribution < 1.29 is 19.4 Å². The topological polar surface area (TPSA) is 75.6 Å². The Morgan fingerprint density at radius 3 is 1.94 bits per heavy atom. The summed E-state index contributed by atoms with van der Waals surface area (Å²) in [7, 11) is 0. The summed E-state index contributed by atoms with van der Waals surface area (Å²) >= 11 is 0. The molecule has 0 bridgehead atoms. The van der Waals surface area contributed by atoms with Gasteiger partial charge in [0.15, 0.2) is 0 Å². The number of carbonyl (C=O) groups excluding carboxylic acids is 2. The third-order valence-electron chi connectivity index (χ3n) is 6.77. The number of hydrogen-bond acceptors (Lipinski definition) is 4. The van der Waals surface area contributed by atoms with E-state index in [0.29, 0.717) is 25.8 Å². The molecular formula is C28H53NO4. The first kappa shape index (κ1) is 29.9. The molecule has 0 spiro atoms. The van der Waals surface area contributed by atoms with Gasteiger partial charge in [-0.2, -0.15) is 0 Å². The minimum atomic E-state index is -0.607. The van der Waals surface area contributed by atoms with Crippen LogP contribution in [0, 0.1) is 11.8 Å². The number of amides is 1. The minimum Gasteiger partial charge on any atom is -0.460 e. The average Bonchev–Trinajstić information content (AvgIpc) is 2.74. The number of hydrogen-bond donors (Lipinski definition) is 2. The molecule has 194 valence electrons. The molecule has 0 saturated heterocycles. The van der Waals surface area contributed by atoms with E-state index in [-0.39, 0.29) is 23.7 Å². The van der Waals surface area contributed by atoms with Gasteiger partial charge in [-0.15, -0.1) is 0 Å². The average molecular weight is 468 g/mol. The van der Waals surface area contributed by atoms with Gasteiger partial charge in [0.25, 0.3) is 0 Å². The number of nitrogens with one attached hydrogen (secondary N) is 1. The number of carbonyl (C=O) groups is 2. The van der Waals surface area contributed by atoms with Crippen LogP contribution < -0.4 is 5.32 Å². The highest BCUT2D eigenvalue weighted by Crippen LogP contribution is 2.32. The number of esters is 1. The molecular weight excluding hydrogens is 414 g/mol. The highest BCUT2D eigenvalue weighted by Gasteiger charge is 2.34. The second-order valence-electron chi connectivity index (χ2n) is 11.2. The van der Waals surface area contributed by atoms with Crippen LogP contribution in [0.5, 0.6) is 0 Å². The van der Waals surface area contributed by atoms with Crippen molar-refractivity contribution in [3.05, 3.63) is 0 Å². The van der Waals surface area contributed by atoms with E-state index in [2.05, 4.69) is 12.2 Å². The SMILES string of the molecule is CCCCCCCCCCCCCCNC(=O)[C@@H]1CCC(CCC(=O)OC(C)(C)C)C[C@@H]1O. The van der Waals surface area contributed by atoms with Gasteiger partial charge in [-0.3, -0.25) is 9.59 Å². The number of rotatable bonds is 17. The number of ether oxygens (including phenoxy) is 1. The van der Waals surface area contributed by atoms with E-state index in [1.807, 2.05) is 20.8 Å². The predicted molar refractivity (Wildman–Crippen MR) is 136 cm³/mol. The zero-order valence-corrected chi connectivity index (χ0v) is 22.1. The molecule has 0 radical (unpaired) electrons. The predicted octanol–water partition coefficient (Wildman–Crippen LogP) is 6.70. The number of aliphatic hydroxyl groups excluding tert-OH is 1. The van der Waals surface area contributed by atoms with Gasteiger partial charge in [-0.25, -0.2) is 0 Å². The number of aliphatic hydroxyl groups is 1. The van der Waals surface area contributed by atoms with Crippen molar-refractivity contribution in [2.75, 3.05) is 6.54 Å². The van der Waals surface area contributed by atoms with Crippen LogP contribution in [-0.4, -0.2) is 35.2 Å². The van der Waals surface area contributed by atoms with Crippen molar-refractivity contribution in [2.24, 2.45) is 11.8 Å². The van der Waals surface area contributed by atoms with E-state index in [9.17, 15) is 14.7 Å². The van der Waals surface area contributed by atoms with Gasteiger partial charge in [0, 0.05) is 13.0 Å².